The molecule has 0 aliphatic rings. The molecule has 0 saturated heterocycles. The Morgan fingerprint density at radius 3 is 2.63 bits per heavy atom. The van der Waals surface area contributed by atoms with Crippen LogP contribution >= 0.6 is 11.6 Å². The maximum atomic E-state index is 13.7. The van der Waals surface area contributed by atoms with E-state index in [9.17, 15) is 14.0 Å². The number of carboxylic acid groups (broad SMARTS) is 1. The highest BCUT2D eigenvalue weighted by Gasteiger charge is 2.23. The van der Waals surface area contributed by atoms with Crippen LogP contribution in [0.4, 0.5) is 4.39 Å². The first-order valence-corrected chi connectivity index (χ1v) is 6.22. The molecule has 1 atom stereocenters. The summed E-state index contributed by atoms with van der Waals surface area (Å²) in [5, 5.41) is 8.71. The molecule has 0 aliphatic heterocycles. The second-order valence-corrected chi connectivity index (χ2v) is 4.59. The van der Waals surface area contributed by atoms with Crippen LogP contribution in [0.15, 0.2) is 18.2 Å². The summed E-state index contributed by atoms with van der Waals surface area (Å²) in [6, 6.07) is 4.16. The molecule has 1 N–H and O–H groups in total. The second kappa shape index (κ2) is 6.52. The first-order chi connectivity index (χ1) is 8.88. The molecular formula is C13H15ClFNO3. The summed E-state index contributed by atoms with van der Waals surface area (Å²) in [6.07, 6.45) is 0. The predicted molar refractivity (Wildman–Crippen MR) is 69.8 cm³/mol. The van der Waals surface area contributed by atoms with E-state index >= 15 is 0 Å². The van der Waals surface area contributed by atoms with Crippen LogP contribution < -0.4 is 0 Å². The fourth-order valence-electron chi connectivity index (χ4n) is 1.60. The minimum absolute atomic E-state index is 0.0244. The van der Waals surface area contributed by atoms with E-state index in [0.29, 0.717) is 6.54 Å². The molecule has 1 amide bonds. The van der Waals surface area contributed by atoms with Gasteiger partial charge in [0.2, 0.25) is 0 Å². The van der Waals surface area contributed by atoms with Crippen LogP contribution in [0.1, 0.15) is 24.2 Å². The molecule has 19 heavy (non-hydrogen) atoms. The number of nitrogens with zero attached hydrogens (tertiary/aromatic N) is 1. The van der Waals surface area contributed by atoms with E-state index < -0.39 is 23.6 Å². The second-order valence-electron chi connectivity index (χ2n) is 4.18. The van der Waals surface area contributed by atoms with Gasteiger partial charge >= 0.3 is 5.97 Å². The Morgan fingerprint density at radius 2 is 2.11 bits per heavy atom. The van der Waals surface area contributed by atoms with Gasteiger partial charge in [0.1, 0.15) is 0 Å². The summed E-state index contributed by atoms with van der Waals surface area (Å²) >= 11 is 5.62. The van der Waals surface area contributed by atoms with Crippen molar-refractivity contribution in [1.29, 1.82) is 0 Å². The van der Waals surface area contributed by atoms with Crippen LogP contribution in [-0.4, -0.2) is 35.0 Å². The molecule has 104 valence electrons. The van der Waals surface area contributed by atoms with E-state index in [2.05, 4.69) is 0 Å². The van der Waals surface area contributed by atoms with Crippen LogP contribution in [0.25, 0.3) is 0 Å². The van der Waals surface area contributed by atoms with Crippen molar-refractivity contribution >= 4 is 23.5 Å². The van der Waals surface area contributed by atoms with Gasteiger partial charge < -0.3 is 10.0 Å². The molecule has 4 nitrogen and oxygen atoms in total. The number of rotatable bonds is 5. The number of amides is 1. The Kier molecular flexibility index (Phi) is 5.30. The summed E-state index contributed by atoms with van der Waals surface area (Å²) in [4.78, 5) is 24.2. The van der Waals surface area contributed by atoms with Crippen molar-refractivity contribution in [3.8, 4) is 0 Å². The van der Waals surface area contributed by atoms with Crippen molar-refractivity contribution in [2.75, 3.05) is 13.1 Å². The Morgan fingerprint density at radius 1 is 1.47 bits per heavy atom. The molecule has 0 saturated carbocycles. The minimum atomic E-state index is -1.00. The maximum absolute atomic E-state index is 13.7. The number of carboxylic acids is 1. The minimum Gasteiger partial charge on any atom is -0.481 e. The van der Waals surface area contributed by atoms with Crippen molar-refractivity contribution in [3.63, 3.8) is 0 Å². The highest BCUT2D eigenvalue weighted by atomic mass is 35.5. The lowest BCUT2D eigenvalue weighted by Crippen LogP contribution is -2.37. The van der Waals surface area contributed by atoms with Crippen molar-refractivity contribution in [2.45, 2.75) is 13.8 Å². The van der Waals surface area contributed by atoms with Gasteiger partial charge in [-0.2, -0.15) is 0 Å². The molecule has 0 heterocycles. The molecule has 0 spiro atoms. The monoisotopic (exact) mass is 287 g/mol. The van der Waals surface area contributed by atoms with Gasteiger partial charge in [0.05, 0.1) is 16.5 Å². The third-order valence-corrected chi connectivity index (χ3v) is 3.06. The molecule has 0 aromatic heterocycles. The van der Waals surface area contributed by atoms with Crippen LogP contribution in [0.3, 0.4) is 0 Å². The van der Waals surface area contributed by atoms with Gasteiger partial charge in [0, 0.05) is 13.1 Å². The number of aliphatic carboxylic acids is 1. The predicted octanol–water partition coefficient (Wildman–Crippen LogP) is 2.66. The van der Waals surface area contributed by atoms with E-state index in [1.165, 1.54) is 30.0 Å². The number of hydrogen-bond acceptors (Lipinski definition) is 2. The zero-order valence-electron chi connectivity index (χ0n) is 10.7. The largest absolute Gasteiger partial charge is 0.481 e. The van der Waals surface area contributed by atoms with Gasteiger partial charge in [0.15, 0.2) is 5.82 Å². The van der Waals surface area contributed by atoms with Crippen LogP contribution in [0.5, 0.6) is 0 Å². The van der Waals surface area contributed by atoms with Crippen molar-refractivity contribution in [1.82, 2.24) is 4.90 Å². The molecule has 0 aliphatic carbocycles. The maximum Gasteiger partial charge on any atom is 0.308 e. The zero-order chi connectivity index (χ0) is 14.6. The Balaban J connectivity index is 2.96. The standard InChI is InChI=1S/C13H15ClFNO3/c1-3-16(7-8(2)13(18)19)12(17)9-5-4-6-10(14)11(9)15/h4-6,8H,3,7H2,1-2H3,(H,18,19). The summed E-state index contributed by atoms with van der Waals surface area (Å²) in [6.45, 7) is 3.51. The average Bonchev–Trinajstić information content (AvgIpc) is 2.38. The van der Waals surface area contributed by atoms with Gasteiger partial charge in [-0.3, -0.25) is 9.59 Å². The Hall–Kier alpha value is -1.62. The highest BCUT2D eigenvalue weighted by molar-refractivity contribution is 6.31. The summed E-state index contributed by atoms with van der Waals surface area (Å²) < 4.78 is 13.7. The van der Waals surface area contributed by atoms with E-state index in [-0.39, 0.29) is 17.1 Å². The molecule has 0 bridgehead atoms. The highest BCUT2D eigenvalue weighted by Crippen LogP contribution is 2.19. The van der Waals surface area contributed by atoms with Crippen molar-refractivity contribution in [3.05, 3.63) is 34.6 Å². The van der Waals surface area contributed by atoms with E-state index in [0.717, 1.165) is 0 Å². The number of hydrogen-bond donors (Lipinski definition) is 1. The third-order valence-electron chi connectivity index (χ3n) is 2.77. The summed E-state index contributed by atoms with van der Waals surface area (Å²) in [5.74, 6) is -3.06. The van der Waals surface area contributed by atoms with Crippen molar-refractivity contribution < 1.29 is 19.1 Å². The molecule has 1 rings (SSSR count). The van der Waals surface area contributed by atoms with Gasteiger partial charge in [-0.25, -0.2) is 4.39 Å². The number of benzene rings is 1. The van der Waals surface area contributed by atoms with E-state index in [1.807, 2.05) is 0 Å². The Labute approximate surface area is 115 Å². The number of carbonyl (C=O) groups is 2. The van der Waals surface area contributed by atoms with Crippen LogP contribution in [0, 0.1) is 11.7 Å². The number of carbonyl (C=O) groups excluding carboxylic acids is 1. The van der Waals surface area contributed by atoms with E-state index in [1.54, 1.807) is 6.92 Å². The van der Waals surface area contributed by atoms with Gasteiger partial charge in [-0.1, -0.05) is 24.6 Å². The number of halogens is 2. The molecule has 0 radical (unpaired) electrons. The summed E-state index contributed by atoms with van der Waals surface area (Å²) in [5.41, 5.74) is -0.146. The lowest BCUT2D eigenvalue weighted by molar-refractivity contribution is -0.141. The quantitative estimate of drug-likeness (QED) is 0.906. The Bertz CT molecular complexity index is 493. The topological polar surface area (TPSA) is 57.6 Å². The first kappa shape index (κ1) is 15.4. The molecule has 6 heteroatoms. The molecule has 1 aromatic carbocycles. The van der Waals surface area contributed by atoms with Gasteiger partial charge in [-0.15, -0.1) is 0 Å². The molecular weight excluding hydrogens is 273 g/mol. The fourth-order valence-corrected chi connectivity index (χ4v) is 1.78. The van der Waals surface area contributed by atoms with Crippen LogP contribution in [-0.2, 0) is 4.79 Å². The SMILES string of the molecule is CCN(CC(C)C(=O)O)C(=O)c1cccc(Cl)c1F. The van der Waals surface area contributed by atoms with Gasteiger partial charge in [-0.05, 0) is 19.1 Å². The summed E-state index contributed by atoms with van der Waals surface area (Å²) in [7, 11) is 0. The third kappa shape index (κ3) is 3.67. The fraction of sp³-hybridized carbons (Fsp3) is 0.385. The van der Waals surface area contributed by atoms with Gasteiger partial charge in [0.25, 0.3) is 5.91 Å². The van der Waals surface area contributed by atoms with Crippen LogP contribution in [0.2, 0.25) is 5.02 Å². The lowest BCUT2D eigenvalue weighted by Gasteiger charge is -2.23. The smallest absolute Gasteiger partial charge is 0.308 e. The molecule has 1 unspecified atom stereocenters. The molecule has 1 aromatic rings. The first-order valence-electron chi connectivity index (χ1n) is 5.84. The average molecular weight is 288 g/mol. The lowest BCUT2D eigenvalue weighted by atomic mass is 10.1. The molecule has 0 fully saturated rings. The normalized spacial score (nSPS) is 12.0. The van der Waals surface area contributed by atoms with E-state index in [4.69, 9.17) is 16.7 Å². The van der Waals surface area contributed by atoms with Crippen molar-refractivity contribution in [2.24, 2.45) is 5.92 Å². The zero-order valence-corrected chi connectivity index (χ0v) is 11.4.